The Balaban J connectivity index is 1.75. The smallest absolute Gasteiger partial charge is 0.435 e. The molecule has 0 bridgehead atoms. The van der Waals surface area contributed by atoms with Gasteiger partial charge >= 0.3 is 6.18 Å². The van der Waals surface area contributed by atoms with Crippen LogP contribution >= 0.6 is 0 Å². The second-order valence-corrected chi connectivity index (χ2v) is 7.32. The highest BCUT2D eigenvalue weighted by molar-refractivity contribution is 7.80. The van der Waals surface area contributed by atoms with E-state index in [0.717, 1.165) is 17.2 Å². The van der Waals surface area contributed by atoms with Crippen molar-refractivity contribution < 1.29 is 21.9 Å². The Hall–Kier alpha value is -3.43. The molecular weight excluding hydrogens is 427 g/mol. The Labute approximate surface area is 178 Å². The van der Waals surface area contributed by atoms with Crippen LogP contribution in [0.1, 0.15) is 5.69 Å². The van der Waals surface area contributed by atoms with Crippen LogP contribution in [0.3, 0.4) is 0 Å². The van der Waals surface area contributed by atoms with Crippen molar-refractivity contribution in [3.63, 3.8) is 0 Å². The molecule has 0 aliphatic carbocycles. The van der Waals surface area contributed by atoms with Crippen LogP contribution in [-0.4, -0.2) is 18.5 Å². The molecule has 4 aromatic rings. The van der Waals surface area contributed by atoms with Crippen LogP contribution < -0.4 is 4.72 Å². The summed E-state index contributed by atoms with van der Waals surface area (Å²) in [5, 5.41) is 3.75. The zero-order valence-corrected chi connectivity index (χ0v) is 16.7. The van der Waals surface area contributed by atoms with Gasteiger partial charge in [-0.1, -0.05) is 54.6 Å². The topological polar surface area (TPSA) is 70.0 Å². The number of halogens is 3. The zero-order valence-electron chi connectivity index (χ0n) is 15.8. The zero-order chi connectivity index (χ0) is 22.0. The molecule has 9 heteroatoms. The van der Waals surface area contributed by atoms with Crippen LogP contribution in [0.4, 0.5) is 18.9 Å². The van der Waals surface area contributed by atoms with Crippen LogP contribution in [0, 0.1) is 0 Å². The molecule has 1 unspecified atom stereocenters. The standard InChI is InChI=1S/C22H16F3N3O2S/c23-22(24,25)21-14-20(17-8-6-16(7-9-17)15-4-2-1-3-5-15)28(26-21)19-12-10-18(11-13-19)27-31(29)30/h1-14,27H,(H,29,30)/p-1. The van der Waals surface area contributed by atoms with E-state index in [2.05, 4.69) is 9.82 Å². The average Bonchev–Trinajstić information content (AvgIpc) is 3.21. The van der Waals surface area contributed by atoms with E-state index in [1.165, 1.54) is 28.9 Å². The molecule has 31 heavy (non-hydrogen) atoms. The summed E-state index contributed by atoms with van der Waals surface area (Å²) < 4.78 is 64.9. The van der Waals surface area contributed by atoms with Gasteiger partial charge in [-0.15, -0.1) is 0 Å². The number of alkyl halides is 3. The van der Waals surface area contributed by atoms with E-state index in [1.807, 2.05) is 42.5 Å². The lowest BCUT2D eigenvalue weighted by atomic mass is 10.0. The monoisotopic (exact) mass is 442 g/mol. The van der Waals surface area contributed by atoms with Gasteiger partial charge in [-0.2, -0.15) is 18.3 Å². The van der Waals surface area contributed by atoms with Crippen molar-refractivity contribution in [1.82, 2.24) is 9.78 Å². The summed E-state index contributed by atoms with van der Waals surface area (Å²) in [4.78, 5) is 0. The van der Waals surface area contributed by atoms with E-state index in [0.29, 0.717) is 11.3 Å². The van der Waals surface area contributed by atoms with E-state index in [1.54, 1.807) is 12.1 Å². The van der Waals surface area contributed by atoms with Crippen molar-refractivity contribution in [3.8, 4) is 28.1 Å². The highest BCUT2D eigenvalue weighted by atomic mass is 32.2. The molecular formula is C22H15F3N3O2S-. The van der Waals surface area contributed by atoms with Crippen molar-refractivity contribution >= 4 is 17.0 Å². The Kier molecular flexibility index (Phi) is 5.62. The first kappa shape index (κ1) is 20.8. The first-order chi connectivity index (χ1) is 14.8. The maximum atomic E-state index is 13.4. The first-order valence-electron chi connectivity index (χ1n) is 9.11. The van der Waals surface area contributed by atoms with Crippen LogP contribution in [0.2, 0.25) is 0 Å². The van der Waals surface area contributed by atoms with E-state index in [4.69, 9.17) is 0 Å². The van der Waals surface area contributed by atoms with Gasteiger partial charge in [-0.3, -0.25) is 4.21 Å². The molecule has 1 aromatic heterocycles. The Morgan fingerprint density at radius 1 is 0.839 bits per heavy atom. The number of anilines is 1. The molecule has 5 nitrogen and oxygen atoms in total. The molecule has 4 rings (SSSR count). The van der Waals surface area contributed by atoms with Crippen LogP contribution in [-0.2, 0) is 17.4 Å². The Morgan fingerprint density at radius 3 is 2.00 bits per heavy atom. The normalized spacial score (nSPS) is 12.5. The largest absolute Gasteiger partial charge is 0.755 e. The summed E-state index contributed by atoms with van der Waals surface area (Å²) in [5.41, 5.74) is 2.39. The van der Waals surface area contributed by atoms with Crippen molar-refractivity contribution in [3.05, 3.63) is 90.6 Å². The minimum Gasteiger partial charge on any atom is -0.755 e. The molecule has 1 N–H and O–H groups in total. The number of aromatic nitrogens is 2. The van der Waals surface area contributed by atoms with Gasteiger partial charge < -0.3 is 9.27 Å². The fraction of sp³-hybridized carbons (Fsp3) is 0.0455. The fourth-order valence-electron chi connectivity index (χ4n) is 3.15. The Morgan fingerprint density at radius 2 is 1.42 bits per heavy atom. The maximum Gasteiger partial charge on any atom is 0.435 e. The van der Waals surface area contributed by atoms with Gasteiger partial charge in [0.15, 0.2) is 5.69 Å². The van der Waals surface area contributed by atoms with Crippen molar-refractivity contribution in [2.45, 2.75) is 6.18 Å². The number of nitrogens with one attached hydrogen (secondary N) is 1. The lowest BCUT2D eigenvalue weighted by molar-refractivity contribution is -0.141. The summed E-state index contributed by atoms with van der Waals surface area (Å²) in [5.74, 6) is 0. The lowest BCUT2D eigenvalue weighted by Crippen LogP contribution is -2.07. The highest BCUT2D eigenvalue weighted by Crippen LogP contribution is 2.34. The summed E-state index contributed by atoms with van der Waals surface area (Å²) in [6.07, 6.45) is -4.61. The number of hydrogen-bond donors (Lipinski definition) is 1. The minimum absolute atomic E-state index is 0.264. The van der Waals surface area contributed by atoms with Gasteiger partial charge in [0.2, 0.25) is 0 Å². The van der Waals surface area contributed by atoms with Gasteiger partial charge in [-0.05, 0) is 41.5 Å². The Bertz CT molecular complexity index is 1210. The van der Waals surface area contributed by atoms with Crippen LogP contribution in [0.5, 0.6) is 0 Å². The molecule has 0 fully saturated rings. The minimum atomic E-state index is -4.61. The van der Waals surface area contributed by atoms with Crippen molar-refractivity contribution in [2.24, 2.45) is 0 Å². The van der Waals surface area contributed by atoms with E-state index < -0.39 is 23.1 Å². The predicted molar refractivity (Wildman–Crippen MR) is 112 cm³/mol. The molecule has 0 aliphatic rings. The third-order valence-corrected chi connectivity index (χ3v) is 5.00. The molecule has 0 aliphatic heterocycles. The third kappa shape index (κ3) is 4.68. The molecule has 0 radical (unpaired) electrons. The lowest BCUT2D eigenvalue weighted by Gasteiger charge is -2.11. The third-order valence-electron chi connectivity index (χ3n) is 4.60. The second kappa shape index (κ2) is 8.37. The summed E-state index contributed by atoms with van der Waals surface area (Å²) >= 11 is -2.50. The predicted octanol–water partition coefficient (Wildman–Crippen LogP) is 5.43. The maximum absolute atomic E-state index is 13.4. The average molecular weight is 442 g/mol. The molecule has 1 atom stereocenters. The van der Waals surface area contributed by atoms with E-state index in [-0.39, 0.29) is 11.4 Å². The fourth-order valence-corrected chi connectivity index (χ4v) is 3.48. The number of benzene rings is 3. The number of rotatable bonds is 5. The summed E-state index contributed by atoms with van der Waals surface area (Å²) in [7, 11) is 0. The van der Waals surface area contributed by atoms with Gasteiger partial charge in [0.05, 0.1) is 11.4 Å². The SMILES string of the molecule is O=S([O-])Nc1ccc(-n2nc(C(F)(F)F)cc2-c2ccc(-c3ccccc3)cc2)cc1. The molecule has 0 saturated carbocycles. The summed E-state index contributed by atoms with van der Waals surface area (Å²) in [6, 6.07) is 23.7. The number of nitrogens with zero attached hydrogens (tertiary/aromatic N) is 2. The highest BCUT2D eigenvalue weighted by Gasteiger charge is 2.35. The van der Waals surface area contributed by atoms with E-state index >= 15 is 0 Å². The molecule has 0 saturated heterocycles. The van der Waals surface area contributed by atoms with E-state index in [9.17, 15) is 21.9 Å². The van der Waals surface area contributed by atoms with Gasteiger partial charge in [0, 0.05) is 22.5 Å². The van der Waals surface area contributed by atoms with Crippen LogP contribution in [0.15, 0.2) is 84.9 Å². The molecule has 0 amide bonds. The van der Waals surface area contributed by atoms with Gasteiger partial charge in [0.1, 0.15) is 0 Å². The molecule has 1 heterocycles. The summed E-state index contributed by atoms with van der Waals surface area (Å²) in [6.45, 7) is 0. The van der Waals surface area contributed by atoms with Gasteiger partial charge in [-0.25, -0.2) is 4.68 Å². The molecule has 0 spiro atoms. The first-order valence-corrected chi connectivity index (χ1v) is 10.2. The van der Waals surface area contributed by atoms with Crippen LogP contribution in [0.25, 0.3) is 28.1 Å². The molecule has 158 valence electrons. The van der Waals surface area contributed by atoms with Crippen molar-refractivity contribution in [2.75, 3.05) is 4.72 Å². The van der Waals surface area contributed by atoms with Gasteiger partial charge in [0.25, 0.3) is 0 Å². The second-order valence-electron chi connectivity index (χ2n) is 6.65. The quantitative estimate of drug-likeness (QED) is 0.419. The molecule has 3 aromatic carbocycles. The van der Waals surface area contributed by atoms with Crippen molar-refractivity contribution in [1.29, 1.82) is 0 Å². The number of hydrogen-bond acceptors (Lipinski definition) is 3.